The molecule has 0 aromatic heterocycles. The fraction of sp³-hybridized carbons (Fsp3) is 0.176. The van der Waals surface area contributed by atoms with Crippen LogP contribution >= 0.6 is 23.2 Å². The van der Waals surface area contributed by atoms with Gasteiger partial charge in [-0.2, -0.15) is 0 Å². The molecular formula is C17H14Cl2N2O5. The van der Waals surface area contributed by atoms with Gasteiger partial charge in [-0.15, -0.1) is 0 Å². The van der Waals surface area contributed by atoms with Gasteiger partial charge in [-0.25, -0.2) is 4.79 Å². The van der Waals surface area contributed by atoms with E-state index in [9.17, 15) is 19.7 Å². The molecule has 9 heteroatoms. The maximum absolute atomic E-state index is 11.9. The number of nitro benzene ring substituents is 1. The van der Waals surface area contributed by atoms with Gasteiger partial charge in [0.05, 0.1) is 10.5 Å². The number of esters is 1. The van der Waals surface area contributed by atoms with E-state index in [1.807, 2.05) is 0 Å². The van der Waals surface area contributed by atoms with Crippen LogP contribution in [-0.4, -0.2) is 23.4 Å². The van der Waals surface area contributed by atoms with Gasteiger partial charge in [-0.3, -0.25) is 14.9 Å². The molecule has 0 aliphatic rings. The van der Waals surface area contributed by atoms with Crippen LogP contribution in [0.1, 0.15) is 21.5 Å². The highest BCUT2D eigenvalue weighted by molar-refractivity contribution is 6.35. The van der Waals surface area contributed by atoms with Crippen molar-refractivity contribution >= 4 is 40.8 Å². The molecule has 136 valence electrons. The Labute approximate surface area is 159 Å². The highest BCUT2D eigenvalue weighted by Gasteiger charge is 2.17. The summed E-state index contributed by atoms with van der Waals surface area (Å²) < 4.78 is 4.87. The van der Waals surface area contributed by atoms with E-state index < -0.39 is 23.4 Å². The Kier molecular flexibility index (Phi) is 6.54. The third-order valence-corrected chi connectivity index (χ3v) is 4.05. The molecule has 26 heavy (non-hydrogen) atoms. The minimum absolute atomic E-state index is 0.00385. The van der Waals surface area contributed by atoms with Crippen molar-refractivity contribution in [1.29, 1.82) is 0 Å². The van der Waals surface area contributed by atoms with Crippen LogP contribution in [0.25, 0.3) is 0 Å². The first-order valence-corrected chi connectivity index (χ1v) is 8.16. The third kappa shape index (κ3) is 5.18. The normalized spacial score (nSPS) is 10.3. The first-order chi connectivity index (χ1) is 12.3. The van der Waals surface area contributed by atoms with E-state index >= 15 is 0 Å². The molecule has 2 aromatic carbocycles. The number of ether oxygens (including phenoxy) is 1. The van der Waals surface area contributed by atoms with Gasteiger partial charge in [0, 0.05) is 28.2 Å². The van der Waals surface area contributed by atoms with Crippen molar-refractivity contribution in [2.24, 2.45) is 0 Å². The molecule has 0 bridgehead atoms. The summed E-state index contributed by atoms with van der Waals surface area (Å²) in [5.41, 5.74) is 0.881. The van der Waals surface area contributed by atoms with E-state index in [1.54, 1.807) is 25.1 Å². The largest absolute Gasteiger partial charge is 0.452 e. The van der Waals surface area contributed by atoms with Gasteiger partial charge in [0.2, 0.25) is 0 Å². The lowest BCUT2D eigenvalue weighted by atomic mass is 10.1. The molecular weight excluding hydrogens is 383 g/mol. The highest BCUT2D eigenvalue weighted by Crippen LogP contribution is 2.21. The number of benzene rings is 2. The Hall–Kier alpha value is -2.64. The van der Waals surface area contributed by atoms with Gasteiger partial charge < -0.3 is 10.1 Å². The number of hydrogen-bond donors (Lipinski definition) is 1. The van der Waals surface area contributed by atoms with Crippen LogP contribution in [0.4, 0.5) is 5.69 Å². The number of hydrogen-bond acceptors (Lipinski definition) is 5. The molecule has 0 aliphatic carbocycles. The Morgan fingerprint density at radius 1 is 1.19 bits per heavy atom. The second kappa shape index (κ2) is 8.64. The SMILES string of the molecule is Cc1ccc(C(=O)OCC(=O)NCc2ccc(Cl)cc2Cl)cc1[N+](=O)[O-]. The standard InChI is InChI=1S/C17H14Cl2N2O5/c1-10-2-3-11(6-15(10)21(24)25)17(23)26-9-16(22)20-8-12-4-5-13(18)7-14(12)19/h2-7H,8-9H2,1H3,(H,20,22). The number of rotatable bonds is 6. The molecule has 0 spiro atoms. The summed E-state index contributed by atoms with van der Waals surface area (Å²) in [6.45, 7) is 1.18. The summed E-state index contributed by atoms with van der Waals surface area (Å²) in [6, 6.07) is 8.81. The molecule has 1 N–H and O–H groups in total. The van der Waals surface area contributed by atoms with E-state index in [2.05, 4.69) is 5.32 Å². The molecule has 0 unspecified atom stereocenters. The molecule has 7 nitrogen and oxygen atoms in total. The van der Waals surface area contributed by atoms with Gasteiger partial charge in [0.25, 0.3) is 11.6 Å². The number of nitrogens with zero attached hydrogens (tertiary/aromatic N) is 1. The number of nitro groups is 1. The van der Waals surface area contributed by atoms with Crippen molar-refractivity contribution < 1.29 is 19.2 Å². The fourth-order valence-electron chi connectivity index (χ4n) is 2.06. The Balaban J connectivity index is 1.89. The lowest BCUT2D eigenvalue weighted by Gasteiger charge is -2.08. The Morgan fingerprint density at radius 3 is 2.58 bits per heavy atom. The number of carbonyl (C=O) groups excluding carboxylic acids is 2. The second-order valence-corrected chi connectivity index (χ2v) is 6.19. The van der Waals surface area contributed by atoms with Crippen molar-refractivity contribution in [2.45, 2.75) is 13.5 Å². The number of aryl methyl sites for hydroxylation is 1. The predicted molar refractivity (Wildman–Crippen MR) is 96.4 cm³/mol. The molecule has 0 heterocycles. The van der Waals surface area contributed by atoms with Gasteiger partial charge in [-0.1, -0.05) is 35.3 Å². The zero-order valence-corrected chi connectivity index (χ0v) is 15.1. The van der Waals surface area contributed by atoms with Crippen molar-refractivity contribution in [1.82, 2.24) is 5.32 Å². The topological polar surface area (TPSA) is 98.5 Å². The minimum atomic E-state index is -0.826. The monoisotopic (exact) mass is 396 g/mol. The summed E-state index contributed by atoms with van der Waals surface area (Å²) >= 11 is 11.8. The fourth-order valence-corrected chi connectivity index (χ4v) is 2.53. The molecule has 0 saturated carbocycles. The second-order valence-electron chi connectivity index (χ2n) is 5.35. The van der Waals surface area contributed by atoms with Crippen LogP contribution in [-0.2, 0) is 16.1 Å². The average molecular weight is 397 g/mol. The average Bonchev–Trinajstić information content (AvgIpc) is 2.59. The van der Waals surface area contributed by atoms with Gasteiger partial charge in [0.15, 0.2) is 6.61 Å². The van der Waals surface area contributed by atoms with Gasteiger partial charge >= 0.3 is 5.97 Å². The minimum Gasteiger partial charge on any atom is -0.452 e. The Bertz CT molecular complexity index is 870. The summed E-state index contributed by atoms with van der Waals surface area (Å²) in [4.78, 5) is 34.0. The van der Waals surface area contributed by atoms with Crippen LogP contribution in [0, 0.1) is 17.0 Å². The van der Waals surface area contributed by atoms with Crippen molar-refractivity contribution in [2.75, 3.05) is 6.61 Å². The third-order valence-electron chi connectivity index (χ3n) is 3.47. The van der Waals surface area contributed by atoms with Crippen LogP contribution < -0.4 is 5.32 Å². The van der Waals surface area contributed by atoms with E-state index in [0.29, 0.717) is 21.2 Å². The van der Waals surface area contributed by atoms with Crippen molar-refractivity contribution in [3.8, 4) is 0 Å². The number of halogens is 2. The first-order valence-electron chi connectivity index (χ1n) is 7.40. The van der Waals surface area contributed by atoms with Gasteiger partial charge in [-0.05, 0) is 30.7 Å². The van der Waals surface area contributed by atoms with Crippen LogP contribution in [0.5, 0.6) is 0 Å². The summed E-state index contributed by atoms with van der Waals surface area (Å²) in [7, 11) is 0. The zero-order chi connectivity index (χ0) is 19.3. The smallest absolute Gasteiger partial charge is 0.338 e. The van der Waals surface area contributed by atoms with E-state index in [0.717, 1.165) is 6.07 Å². The molecule has 0 fully saturated rings. The lowest BCUT2D eigenvalue weighted by molar-refractivity contribution is -0.385. The van der Waals surface area contributed by atoms with Crippen LogP contribution in [0.15, 0.2) is 36.4 Å². The highest BCUT2D eigenvalue weighted by atomic mass is 35.5. The molecule has 2 rings (SSSR count). The van der Waals surface area contributed by atoms with E-state index in [-0.39, 0.29) is 17.8 Å². The quantitative estimate of drug-likeness (QED) is 0.456. The van der Waals surface area contributed by atoms with Gasteiger partial charge in [0.1, 0.15) is 0 Å². The molecule has 1 amide bonds. The summed E-state index contributed by atoms with van der Waals surface area (Å²) in [5, 5.41) is 14.3. The predicted octanol–water partition coefficient (Wildman–Crippen LogP) is 3.68. The number of carbonyl (C=O) groups is 2. The molecule has 0 saturated heterocycles. The zero-order valence-electron chi connectivity index (χ0n) is 13.6. The van der Waals surface area contributed by atoms with Crippen LogP contribution in [0.2, 0.25) is 10.0 Å². The molecule has 0 aliphatic heterocycles. The van der Waals surface area contributed by atoms with E-state index in [4.69, 9.17) is 27.9 Å². The van der Waals surface area contributed by atoms with Crippen molar-refractivity contribution in [3.63, 3.8) is 0 Å². The first kappa shape index (κ1) is 19.7. The lowest BCUT2D eigenvalue weighted by Crippen LogP contribution is -2.28. The van der Waals surface area contributed by atoms with Crippen LogP contribution in [0.3, 0.4) is 0 Å². The van der Waals surface area contributed by atoms with E-state index in [1.165, 1.54) is 12.1 Å². The maximum Gasteiger partial charge on any atom is 0.338 e. The molecule has 2 aromatic rings. The molecule has 0 atom stereocenters. The summed E-state index contributed by atoms with van der Waals surface area (Å²) in [5.74, 6) is -1.36. The Morgan fingerprint density at radius 2 is 1.92 bits per heavy atom. The molecule has 0 radical (unpaired) electrons. The maximum atomic E-state index is 11.9. The van der Waals surface area contributed by atoms with Crippen molar-refractivity contribution in [3.05, 3.63) is 73.2 Å². The number of nitrogens with one attached hydrogen (secondary N) is 1. The number of amides is 1. The summed E-state index contributed by atoms with van der Waals surface area (Å²) in [6.07, 6.45) is 0.